The summed E-state index contributed by atoms with van der Waals surface area (Å²) in [4.78, 5) is 0. The highest BCUT2D eigenvalue weighted by molar-refractivity contribution is 6.29. The van der Waals surface area contributed by atoms with Gasteiger partial charge in [0, 0.05) is 0 Å². The zero-order chi connectivity index (χ0) is 13.9. The summed E-state index contributed by atoms with van der Waals surface area (Å²) in [7, 11) is 0. The molecule has 1 fully saturated rings. The largest absolute Gasteiger partial charge is 0.458 e. The van der Waals surface area contributed by atoms with E-state index in [1.165, 1.54) is 4.52 Å². The Morgan fingerprint density at radius 1 is 1.25 bits per heavy atom. The normalized spacial score (nSPS) is 27.4. The van der Waals surface area contributed by atoms with Crippen LogP contribution in [0.4, 0.5) is 0 Å². The van der Waals surface area contributed by atoms with Crippen molar-refractivity contribution >= 4 is 23.0 Å². The fourth-order valence-electron chi connectivity index (χ4n) is 2.32. The molecule has 8 heteroatoms. The van der Waals surface area contributed by atoms with Gasteiger partial charge in [-0.3, -0.25) is 0 Å². The molecule has 2 aliphatic rings. The maximum absolute atomic E-state index is 5.89. The number of ether oxygens (including phenoxy) is 3. The third-order valence-electron chi connectivity index (χ3n) is 3.10. The Balaban J connectivity index is 1.73. The Bertz CT molecular complexity index is 727. The molecule has 0 radical (unpaired) electrons. The average Bonchev–Trinajstić information content (AvgIpc) is 2.98. The molecule has 4 rings (SSSR count). The van der Waals surface area contributed by atoms with Crippen LogP contribution in [0.5, 0.6) is 0 Å². The van der Waals surface area contributed by atoms with Gasteiger partial charge in [0.25, 0.3) is 0 Å². The molecule has 0 amide bonds. The third kappa shape index (κ3) is 1.78. The summed E-state index contributed by atoms with van der Waals surface area (Å²) < 4.78 is 18.6. The topological polar surface area (TPSA) is 70.8 Å². The fourth-order valence-corrected chi connectivity index (χ4v) is 2.46. The molecule has 2 aromatic rings. The number of halogens is 1. The van der Waals surface area contributed by atoms with Gasteiger partial charge in [-0.05, 0) is 32.1 Å². The predicted molar refractivity (Wildman–Crippen MR) is 68.7 cm³/mol. The van der Waals surface area contributed by atoms with Crippen LogP contribution in [0.15, 0.2) is 18.2 Å². The van der Waals surface area contributed by atoms with Gasteiger partial charge in [-0.15, -0.1) is 10.2 Å². The fraction of sp³-hybridized carbons (Fsp3) is 0.417. The Kier molecular flexibility index (Phi) is 2.36. The lowest BCUT2D eigenvalue weighted by Gasteiger charge is -2.17. The minimum absolute atomic E-state index is 0.258. The minimum atomic E-state index is -0.647. The van der Waals surface area contributed by atoms with Crippen LogP contribution in [0.25, 0.3) is 11.4 Å². The average molecular weight is 295 g/mol. The zero-order valence-electron chi connectivity index (χ0n) is 10.8. The maximum Gasteiger partial charge on any atom is 0.232 e. The molecule has 2 aliphatic heterocycles. The van der Waals surface area contributed by atoms with E-state index >= 15 is 0 Å². The van der Waals surface area contributed by atoms with Crippen LogP contribution >= 0.6 is 11.6 Å². The summed E-state index contributed by atoms with van der Waals surface area (Å²) in [6.07, 6.45) is 1.09. The summed E-state index contributed by atoms with van der Waals surface area (Å²) >= 11 is 5.89. The quantitative estimate of drug-likeness (QED) is 0.796. The first-order chi connectivity index (χ1) is 9.52. The van der Waals surface area contributed by atoms with Gasteiger partial charge in [-0.2, -0.15) is 9.61 Å². The molecule has 4 heterocycles. The summed E-state index contributed by atoms with van der Waals surface area (Å²) in [6, 6.07) is 3.39. The van der Waals surface area contributed by atoms with Crippen LogP contribution in [-0.2, 0) is 14.2 Å². The van der Waals surface area contributed by atoms with E-state index in [0.717, 1.165) is 0 Å². The van der Waals surface area contributed by atoms with Crippen molar-refractivity contribution in [3.8, 4) is 0 Å². The molecule has 0 unspecified atom stereocenters. The van der Waals surface area contributed by atoms with Gasteiger partial charge in [-0.25, -0.2) is 0 Å². The van der Waals surface area contributed by atoms with E-state index in [0.29, 0.717) is 22.4 Å². The molecule has 0 saturated carbocycles. The summed E-state index contributed by atoms with van der Waals surface area (Å²) in [5, 5.41) is 12.6. The van der Waals surface area contributed by atoms with Crippen LogP contribution in [0.1, 0.15) is 19.7 Å². The molecule has 0 aromatic carbocycles. The Morgan fingerprint density at radius 3 is 2.90 bits per heavy atom. The Morgan fingerprint density at radius 2 is 2.10 bits per heavy atom. The molecule has 104 valence electrons. The lowest BCUT2D eigenvalue weighted by Crippen LogP contribution is -2.22. The van der Waals surface area contributed by atoms with Crippen molar-refractivity contribution in [3.63, 3.8) is 0 Å². The van der Waals surface area contributed by atoms with E-state index in [9.17, 15) is 0 Å². The molecule has 2 aromatic heterocycles. The van der Waals surface area contributed by atoms with Crippen LogP contribution in [0.2, 0.25) is 5.15 Å². The SMILES string of the molecule is CC1(C)O[C@H]2OC(c3nnc4ccc(Cl)nn34)=C[C@H]2O1. The highest BCUT2D eigenvalue weighted by Crippen LogP contribution is 2.37. The molecule has 1 saturated heterocycles. The first kappa shape index (κ1) is 12.1. The van der Waals surface area contributed by atoms with Crippen LogP contribution in [0.3, 0.4) is 0 Å². The zero-order valence-corrected chi connectivity index (χ0v) is 11.5. The lowest BCUT2D eigenvalue weighted by molar-refractivity contribution is -0.174. The molecule has 0 spiro atoms. The second-order valence-corrected chi connectivity index (χ2v) is 5.45. The molecule has 7 nitrogen and oxygen atoms in total. The highest BCUT2D eigenvalue weighted by atomic mass is 35.5. The number of nitrogens with zero attached hydrogens (tertiary/aromatic N) is 4. The summed E-state index contributed by atoms with van der Waals surface area (Å²) in [5.74, 6) is 0.353. The van der Waals surface area contributed by atoms with Crippen molar-refractivity contribution in [3.05, 3.63) is 29.2 Å². The van der Waals surface area contributed by atoms with Crippen LogP contribution in [-0.4, -0.2) is 38.0 Å². The molecular formula is C12H11ClN4O3. The van der Waals surface area contributed by atoms with Crippen molar-refractivity contribution in [1.82, 2.24) is 19.8 Å². The van der Waals surface area contributed by atoms with Crippen molar-refractivity contribution in [2.75, 3.05) is 0 Å². The second-order valence-electron chi connectivity index (χ2n) is 5.07. The molecule has 0 aliphatic carbocycles. The summed E-state index contributed by atoms with van der Waals surface area (Å²) in [6.45, 7) is 3.69. The first-order valence-electron chi connectivity index (χ1n) is 6.14. The van der Waals surface area contributed by atoms with E-state index < -0.39 is 12.1 Å². The van der Waals surface area contributed by atoms with Gasteiger partial charge in [0.1, 0.15) is 11.3 Å². The first-order valence-corrected chi connectivity index (χ1v) is 6.52. The summed E-state index contributed by atoms with van der Waals surface area (Å²) in [5.41, 5.74) is 0.591. The van der Waals surface area contributed by atoms with E-state index in [4.69, 9.17) is 25.8 Å². The highest BCUT2D eigenvalue weighted by Gasteiger charge is 2.46. The van der Waals surface area contributed by atoms with Gasteiger partial charge in [-0.1, -0.05) is 11.6 Å². The number of fused-ring (bicyclic) bond motifs is 2. The van der Waals surface area contributed by atoms with E-state index in [2.05, 4.69) is 15.3 Å². The van der Waals surface area contributed by atoms with Gasteiger partial charge < -0.3 is 14.2 Å². The molecule has 2 atom stereocenters. The van der Waals surface area contributed by atoms with Crippen LogP contribution < -0.4 is 0 Å². The van der Waals surface area contributed by atoms with Crippen molar-refractivity contribution in [2.45, 2.75) is 32.0 Å². The van der Waals surface area contributed by atoms with Crippen LogP contribution in [0, 0.1) is 0 Å². The predicted octanol–water partition coefficient (Wildman–Crippen LogP) is 1.63. The van der Waals surface area contributed by atoms with E-state index in [-0.39, 0.29) is 6.10 Å². The standard InChI is InChI=1S/C12H11ClN4O3/c1-12(2)19-7-5-6(18-11(7)20-12)10-15-14-9-4-3-8(13)16-17(9)10/h3-5,7,11H,1-2H3/t7-,11-/m1/s1. The molecular weight excluding hydrogens is 284 g/mol. The number of aromatic nitrogens is 4. The van der Waals surface area contributed by atoms with E-state index in [1.54, 1.807) is 12.1 Å². The monoisotopic (exact) mass is 294 g/mol. The molecule has 20 heavy (non-hydrogen) atoms. The maximum atomic E-state index is 5.89. The molecule has 0 bridgehead atoms. The van der Waals surface area contributed by atoms with Crippen molar-refractivity contribution in [2.24, 2.45) is 0 Å². The van der Waals surface area contributed by atoms with Gasteiger partial charge >= 0.3 is 0 Å². The Hall–Kier alpha value is -1.70. The smallest absolute Gasteiger partial charge is 0.232 e. The van der Waals surface area contributed by atoms with Crippen molar-refractivity contribution < 1.29 is 14.2 Å². The number of hydrogen-bond acceptors (Lipinski definition) is 6. The van der Waals surface area contributed by atoms with Gasteiger partial charge in [0.05, 0.1) is 0 Å². The third-order valence-corrected chi connectivity index (χ3v) is 3.30. The molecule has 0 N–H and O–H groups in total. The van der Waals surface area contributed by atoms with E-state index in [1.807, 2.05) is 19.9 Å². The van der Waals surface area contributed by atoms with Gasteiger partial charge in [0.2, 0.25) is 12.1 Å². The van der Waals surface area contributed by atoms with Gasteiger partial charge in [0.15, 0.2) is 17.2 Å². The lowest BCUT2D eigenvalue weighted by atomic mass is 10.3. The number of rotatable bonds is 1. The Labute approximate surface area is 119 Å². The number of hydrogen-bond donors (Lipinski definition) is 0. The van der Waals surface area contributed by atoms with Crippen molar-refractivity contribution in [1.29, 1.82) is 0 Å². The minimum Gasteiger partial charge on any atom is -0.458 e. The second kappa shape index (κ2) is 3.91.